The van der Waals surface area contributed by atoms with E-state index < -0.39 is 5.92 Å². The number of carbonyl (C=O) groups is 2. The molecule has 0 N–H and O–H groups in total. The van der Waals surface area contributed by atoms with Crippen molar-refractivity contribution in [1.82, 2.24) is 9.80 Å². The molecule has 2 aliphatic heterocycles. The van der Waals surface area contributed by atoms with Gasteiger partial charge in [-0.15, -0.1) is 0 Å². The number of nitrogens with zero attached hydrogens (tertiary/aromatic N) is 2. The van der Waals surface area contributed by atoms with E-state index in [4.69, 9.17) is 37.4 Å². The zero-order valence-corrected chi connectivity index (χ0v) is 21.7. The molecule has 0 saturated carbocycles. The number of hydrogen-bond acceptors (Lipinski definition) is 5. The van der Waals surface area contributed by atoms with Gasteiger partial charge in [-0.2, -0.15) is 0 Å². The minimum absolute atomic E-state index is 0.0703. The minimum atomic E-state index is -0.397. The van der Waals surface area contributed by atoms with Crippen LogP contribution < -0.4 is 14.2 Å². The molecule has 2 aromatic carbocycles. The molecule has 2 atom stereocenters. The average Bonchev–Trinajstić information content (AvgIpc) is 3.33. The number of rotatable bonds is 6. The molecule has 2 aromatic rings. The molecule has 9 heteroatoms. The lowest BCUT2D eigenvalue weighted by Crippen LogP contribution is -2.42. The quantitative estimate of drug-likeness (QED) is 0.542. The summed E-state index contributed by atoms with van der Waals surface area (Å²) in [6, 6.07) is 8.56. The topological polar surface area (TPSA) is 68.3 Å². The number of ether oxygens (including phenoxy) is 3. The van der Waals surface area contributed by atoms with Gasteiger partial charge in [-0.25, -0.2) is 0 Å². The lowest BCUT2D eigenvalue weighted by Gasteiger charge is -2.31. The number of piperidine rings is 1. The molecule has 2 amide bonds. The highest BCUT2D eigenvalue weighted by molar-refractivity contribution is 6.36. The monoisotopic (exact) mass is 520 g/mol. The van der Waals surface area contributed by atoms with E-state index in [-0.39, 0.29) is 22.8 Å². The van der Waals surface area contributed by atoms with E-state index in [1.165, 1.54) is 0 Å². The van der Waals surface area contributed by atoms with Crippen molar-refractivity contribution in [1.29, 1.82) is 0 Å². The van der Waals surface area contributed by atoms with Crippen molar-refractivity contribution in [2.45, 2.75) is 25.2 Å². The predicted octanol–water partition coefficient (Wildman–Crippen LogP) is 4.89. The highest BCUT2D eigenvalue weighted by Gasteiger charge is 2.43. The van der Waals surface area contributed by atoms with E-state index in [9.17, 15) is 9.59 Å². The van der Waals surface area contributed by atoms with Crippen LogP contribution in [-0.4, -0.2) is 69.1 Å². The first-order valence-electron chi connectivity index (χ1n) is 11.7. The van der Waals surface area contributed by atoms with Gasteiger partial charge in [0.1, 0.15) is 0 Å². The van der Waals surface area contributed by atoms with Crippen LogP contribution in [0.15, 0.2) is 30.3 Å². The first kappa shape index (κ1) is 25.5. The number of halogens is 2. The number of likely N-dealkylation sites (tertiary alicyclic amines) is 2. The molecule has 2 saturated heterocycles. The lowest BCUT2D eigenvalue weighted by molar-refractivity contribution is -0.136. The minimum Gasteiger partial charge on any atom is -0.493 e. The van der Waals surface area contributed by atoms with E-state index in [2.05, 4.69) is 0 Å². The van der Waals surface area contributed by atoms with Crippen LogP contribution in [0.3, 0.4) is 0 Å². The maximum Gasteiger partial charge on any atom is 0.255 e. The maximum atomic E-state index is 13.7. The standard InChI is InChI=1S/C26H30Cl2N2O5/c1-33-22-11-16(12-23(34-2)24(22)35-3)19-14-30(25(31)18-8-7-17(27)13-21(18)28)15-20(19)26(32)29-9-5-4-6-10-29/h7-8,11-13,19-20H,4-6,9-10,14-15H2,1-3H3/t19-,20+/m0/s1. The summed E-state index contributed by atoms with van der Waals surface area (Å²) in [4.78, 5) is 30.8. The Morgan fingerprint density at radius 2 is 1.51 bits per heavy atom. The molecule has 35 heavy (non-hydrogen) atoms. The third-order valence-corrected chi connectivity index (χ3v) is 7.42. The van der Waals surface area contributed by atoms with Crippen LogP contribution >= 0.6 is 23.2 Å². The number of benzene rings is 2. The molecule has 0 aliphatic carbocycles. The number of hydrogen-bond donors (Lipinski definition) is 0. The molecule has 0 radical (unpaired) electrons. The molecule has 0 spiro atoms. The highest BCUT2D eigenvalue weighted by Crippen LogP contribution is 2.44. The van der Waals surface area contributed by atoms with Crippen molar-refractivity contribution in [3.05, 3.63) is 51.5 Å². The number of methoxy groups -OCH3 is 3. The molecule has 0 unspecified atom stereocenters. The zero-order valence-electron chi connectivity index (χ0n) is 20.2. The number of amides is 2. The van der Waals surface area contributed by atoms with Crippen molar-refractivity contribution in [3.63, 3.8) is 0 Å². The van der Waals surface area contributed by atoms with Gasteiger partial charge in [0.25, 0.3) is 5.91 Å². The van der Waals surface area contributed by atoms with E-state index in [1.807, 2.05) is 17.0 Å². The van der Waals surface area contributed by atoms with Crippen LogP contribution in [0, 0.1) is 5.92 Å². The van der Waals surface area contributed by atoms with E-state index in [1.54, 1.807) is 44.4 Å². The maximum absolute atomic E-state index is 13.7. The molecule has 4 rings (SSSR count). The lowest BCUT2D eigenvalue weighted by atomic mass is 9.87. The Morgan fingerprint density at radius 1 is 0.857 bits per heavy atom. The first-order valence-corrected chi connectivity index (χ1v) is 12.5. The predicted molar refractivity (Wildman–Crippen MR) is 135 cm³/mol. The Labute approximate surface area is 215 Å². The van der Waals surface area contributed by atoms with Gasteiger partial charge in [-0.1, -0.05) is 23.2 Å². The Hall–Kier alpha value is -2.64. The van der Waals surface area contributed by atoms with Crippen LogP contribution in [0.2, 0.25) is 10.0 Å². The summed E-state index contributed by atoms with van der Waals surface area (Å²) in [5.74, 6) is 0.711. The molecule has 7 nitrogen and oxygen atoms in total. The Balaban J connectivity index is 1.71. The third-order valence-electron chi connectivity index (χ3n) is 6.87. The van der Waals surface area contributed by atoms with Crippen LogP contribution in [0.5, 0.6) is 17.2 Å². The molecule has 188 valence electrons. The van der Waals surface area contributed by atoms with Crippen molar-refractivity contribution >= 4 is 35.0 Å². The van der Waals surface area contributed by atoms with E-state index in [0.29, 0.717) is 40.9 Å². The Bertz CT molecular complexity index is 1080. The zero-order chi connectivity index (χ0) is 25.1. The van der Waals surface area contributed by atoms with E-state index in [0.717, 1.165) is 37.9 Å². The molecular formula is C26H30Cl2N2O5. The van der Waals surface area contributed by atoms with Crippen molar-refractivity contribution in [2.75, 3.05) is 47.5 Å². The van der Waals surface area contributed by atoms with Gasteiger partial charge in [0.15, 0.2) is 11.5 Å². The summed E-state index contributed by atoms with van der Waals surface area (Å²) in [6.45, 7) is 2.15. The summed E-state index contributed by atoms with van der Waals surface area (Å²) in [5.41, 5.74) is 1.22. The second-order valence-corrected chi connectivity index (χ2v) is 9.74. The third kappa shape index (κ3) is 5.16. The van der Waals surface area contributed by atoms with Gasteiger partial charge in [-0.05, 0) is 55.2 Å². The molecule has 2 heterocycles. The van der Waals surface area contributed by atoms with E-state index >= 15 is 0 Å². The highest BCUT2D eigenvalue weighted by atomic mass is 35.5. The molecular weight excluding hydrogens is 491 g/mol. The van der Waals surface area contributed by atoms with Crippen LogP contribution in [0.1, 0.15) is 41.1 Å². The SMILES string of the molecule is COc1cc([C@@H]2CN(C(=O)c3ccc(Cl)cc3Cl)C[C@H]2C(=O)N2CCCCC2)cc(OC)c1OC. The summed E-state index contributed by atoms with van der Waals surface area (Å²) in [5, 5.41) is 0.749. The van der Waals surface area contributed by atoms with Gasteiger partial charge in [0.2, 0.25) is 11.7 Å². The normalized spacial score (nSPS) is 20.0. The van der Waals surface area contributed by atoms with Gasteiger partial charge >= 0.3 is 0 Å². The van der Waals surface area contributed by atoms with Crippen LogP contribution in [0.4, 0.5) is 0 Å². The second-order valence-electron chi connectivity index (χ2n) is 8.89. The molecule has 0 bridgehead atoms. The van der Waals surface area contributed by atoms with Gasteiger partial charge in [-0.3, -0.25) is 9.59 Å². The fourth-order valence-corrected chi connectivity index (χ4v) is 5.54. The summed E-state index contributed by atoms with van der Waals surface area (Å²) < 4.78 is 16.6. The summed E-state index contributed by atoms with van der Waals surface area (Å²) >= 11 is 12.4. The largest absolute Gasteiger partial charge is 0.493 e. The van der Waals surface area contributed by atoms with Crippen molar-refractivity contribution < 1.29 is 23.8 Å². The van der Waals surface area contributed by atoms with Crippen LogP contribution in [0.25, 0.3) is 0 Å². The van der Waals surface area contributed by atoms with Crippen molar-refractivity contribution in [2.24, 2.45) is 5.92 Å². The van der Waals surface area contributed by atoms with Crippen LogP contribution in [-0.2, 0) is 4.79 Å². The Kier molecular flexibility index (Phi) is 7.97. The number of carbonyl (C=O) groups excluding carboxylic acids is 2. The summed E-state index contributed by atoms with van der Waals surface area (Å²) in [7, 11) is 4.67. The van der Waals surface area contributed by atoms with Gasteiger partial charge in [0, 0.05) is 37.1 Å². The molecule has 2 aliphatic rings. The average molecular weight is 521 g/mol. The first-order chi connectivity index (χ1) is 16.9. The van der Waals surface area contributed by atoms with Gasteiger partial charge < -0.3 is 24.0 Å². The fourth-order valence-electron chi connectivity index (χ4n) is 5.06. The summed E-state index contributed by atoms with van der Waals surface area (Å²) in [6.07, 6.45) is 3.12. The Morgan fingerprint density at radius 3 is 2.09 bits per heavy atom. The van der Waals surface area contributed by atoms with Gasteiger partial charge in [0.05, 0.1) is 37.8 Å². The molecule has 0 aromatic heterocycles. The fraction of sp³-hybridized carbons (Fsp3) is 0.462. The molecule has 2 fully saturated rings. The smallest absolute Gasteiger partial charge is 0.255 e. The second kappa shape index (κ2) is 11.0. The van der Waals surface area contributed by atoms with Crippen molar-refractivity contribution in [3.8, 4) is 17.2 Å².